The fourth-order valence-corrected chi connectivity index (χ4v) is 4.89. The van der Waals surface area contributed by atoms with Crippen LogP contribution < -0.4 is 14.8 Å². The molecule has 1 heterocycles. The summed E-state index contributed by atoms with van der Waals surface area (Å²) < 4.78 is 38.2. The van der Waals surface area contributed by atoms with Crippen LogP contribution in [0.5, 0.6) is 5.75 Å². The predicted molar refractivity (Wildman–Crippen MR) is 134 cm³/mol. The Bertz CT molecular complexity index is 1300. The largest absolute Gasteiger partial charge is 0.496 e. The lowest BCUT2D eigenvalue weighted by Gasteiger charge is -2.18. The molecule has 9 nitrogen and oxygen atoms in total. The molecule has 2 aromatic carbocycles. The summed E-state index contributed by atoms with van der Waals surface area (Å²) in [5.74, 6) is 0.0854. The Hall–Kier alpha value is -3.28. The SMILES string of the molecule is CCc1csc([C@H](Cc2ccc(NS(=O)(=O)O)cc2)NC(=O)Cc2ccc(C(C)=O)c(OC)c2)n1. The summed E-state index contributed by atoms with van der Waals surface area (Å²) in [5.41, 5.74) is 3.16. The van der Waals surface area contributed by atoms with Gasteiger partial charge < -0.3 is 10.1 Å². The fraction of sp³-hybridized carbons (Fsp3) is 0.292. The van der Waals surface area contributed by atoms with Gasteiger partial charge in [0.05, 0.1) is 36.5 Å². The second-order valence-corrected chi connectivity index (χ2v) is 9.94. The van der Waals surface area contributed by atoms with Gasteiger partial charge in [-0.15, -0.1) is 11.3 Å². The van der Waals surface area contributed by atoms with Crippen molar-refractivity contribution in [1.82, 2.24) is 10.3 Å². The van der Waals surface area contributed by atoms with Gasteiger partial charge in [0.15, 0.2) is 5.78 Å². The van der Waals surface area contributed by atoms with Crippen LogP contribution in [0.15, 0.2) is 47.8 Å². The van der Waals surface area contributed by atoms with Crippen LogP contribution in [0.4, 0.5) is 5.69 Å². The normalized spacial score (nSPS) is 12.1. The lowest BCUT2D eigenvalue weighted by molar-refractivity contribution is -0.121. The third kappa shape index (κ3) is 7.61. The van der Waals surface area contributed by atoms with Crippen molar-refractivity contribution in [2.75, 3.05) is 11.8 Å². The molecule has 0 bridgehead atoms. The number of benzene rings is 2. The number of ketones is 1. The van der Waals surface area contributed by atoms with Crippen molar-refractivity contribution in [2.24, 2.45) is 0 Å². The average molecular weight is 518 g/mol. The van der Waals surface area contributed by atoms with Crippen LogP contribution in [0.3, 0.4) is 0 Å². The summed E-state index contributed by atoms with van der Waals surface area (Å²) in [4.78, 5) is 29.3. The number of hydrogen-bond acceptors (Lipinski definition) is 7. The molecule has 0 aliphatic carbocycles. The quantitative estimate of drug-likeness (QED) is 0.260. The van der Waals surface area contributed by atoms with E-state index in [-0.39, 0.29) is 23.8 Å². The number of methoxy groups -OCH3 is 1. The highest BCUT2D eigenvalue weighted by molar-refractivity contribution is 7.87. The molecular formula is C24H27N3O6S2. The first-order chi connectivity index (χ1) is 16.6. The lowest BCUT2D eigenvalue weighted by atomic mass is 10.0. The van der Waals surface area contributed by atoms with Crippen LogP contribution in [0.1, 0.15) is 52.1 Å². The third-order valence-corrected chi connectivity index (χ3v) is 6.72. The van der Waals surface area contributed by atoms with Gasteiger partial charge in [0.2, 0.25) is 5.91 Å². The van der Waals surface area contributed by atoms with E-state index in [1.807, 2.05) is 17.0 Å². The summed E-state index contributed by atoms with van der Waals surface area (Å²) in [7, 11) is -2.88. The molecule has 186 valence electrons. The molecule has 3 aromatic rings. The van der Waals surface area contributed by atoms with Crippen molar-refractivity contribution >= 4 is 39.0 Å². The first-order valence-electron chi connectivity index (χ1n) is 10.8. The Morgan fingerprint density at radius 2 is 1.83 bits per heavy atom. The van der Waals surface area contributed by atoms with Gasteiger partial charge in [-0.25, -0.2) is 4.98 Å². The molecule has 0 radical (unpaired) electrons. The topological polar surface area (TPSA) is 135 Å². The Morgan fingerprint density at radius 1 is 1.14 bits per heavy atom. The number of rotatable bonds is 11. The van der Waals surface area contributed by atoms with E-state index >= 15 is 0 Å². The number of nitrogens with zero attached hydrogens (tertiary/aromatic N) is 1. The summed E-state index contributed by atoms with van der Waals surface area (Å²) in [6.07, 6.45) is 1.30. The number of ether oxygens (including phenoxy) is 1. The summed E-state index contributed by atoms with van der Waals surface area (Å²) >= 11 is 1.46. The highest BCUT2D eigenvalue weighted by Crippen LogP contribution is 2.25. The van der Waals surface area contributed by atoms with Gasteiger partial charge in [0.25, 0.3) is 0 Å². The van der Waals surface area contributed by atoms with Gasteiger partial charge in [-0.1, -0.05) is 25.1 Å². The molecule has 11 heteroatoms. The second kappa shape index (κ2) is 11.4. The zero-order chi connectivity index (χ0) is 25.6. The van der Waals surface area contributed by atoms with Crippen LogP contribution in [0.2, 0.25) is 0 Å². The molecule has 35 heavy (non-hydrogen) atoms. The van der Waals surface area contributed by atoms with Gasteiger partial charge in [-0.05, 0) is 55.2 Å². The summed E-state index contributed by atoms with van der Waals surface area (Å²) in [5, 5.41) is 5.77. The smallest absolute Gasteiger partial charge is 0.357 e. The maximum Gasteiger partial charge on any atom is 0.357 e. The van der Waals surface area contributed by atoms with Gasteiger partial charge in [-0.2, -0.15) is 8.42 Å². The number of Topliss-reactive ketones (excluding diaryl/α,β-unsaturated/α-hetero) is 1. The van der Waals surface area contributed by atoms with Gasteiger partial charge in [0.1, 0.15) is 10.8 Å². The van der Waals surface area contributed by atoms with E-state index in [1.165, 1.54) is 37.5 Å². The van der Waals surface area contributed by atoms with E-state index in [0.717, 1.165) is 22.7 Å². The highest BCUT2D eigenvalue weighted by Gasteiger charge is 2.20. The number of amides is 1. The van der Waals surface area contributed by atoms with E-state index < -0.39 is 16.3 Å². The maximum absolute atomic E-state index is 12.9. The average Bonchev–Trinajstić information content (AvgIpc) is 3.28. The first-order valence-corrected chi connectivity index (χ1v) is 13.2. The molecule has 0 aliphatic heterocycles. The Kier molecular flexibility index (Phi) is 8.60. The van der Waals surface area contributed by atoms with E-state index in [1.54, 1.807) is 30.3 Å². The van der Waals surface area contributed by atoms with Crippen LogP contribution >= 0.6 is 11.3 Å². The molecule has 1 atom stereocenters. The number of thiazole rings is 1. The first kappa shape index (κ1) is 26.3. The van der Waals surface area contributed by atoms with E-state index in [9.17, 15) is 18.0 Å². The standard InChI is InChI=1S/C24H27N3O6S2/c1-4-18-14-34-24(25-18)21(11-16-5-8-19(9-6-16)27-35(30,31)32)26-23(29)13-17-7-10-20(15(2)28)22(12-17)33-3/h5-10,12,14,21,27H,4,11,13H2,1-3H3,(H,26,29)(H,30,31,32)/t21-/m0/s1. The molecule has 0 saturated carbocycles. The second-order valence-electron chi connectivity index (χ2n) is 7.90. The van der Waals surface area contributed by atoms with E-state index in [4.69, 9.17) is 9.29 Å². The number of anilines is 1. The Balaban J connectivity index is 1.77. The molecule has 0 spiro atoms. The zero-order valence-electron chi connectivity index (χ0n) is 19.6. The van der Waals surface area contributed by atoms with Crippen molar-refractivity contribution in [3.63, 3.8) is 0 Å². The Labute approximate surface area is 208 Å². The molecule has 3 rings (SSSR count). The van der Waals surface area contributed by atoms with Crippen molar-refractivity contribution in [3.8, 4) is 5.75 Å². The minimum atomic E-state index is -4.36. The maximum atomic E-state index is 12.9. The molecule has 3 N–H and O–H groups in total. The van der Waals surface area contributed by atoms with Gasteiger partial charge in [0, 0.05) is 5.38 Å². The minimum absolute atomic E-state index is 0.0915. The van der Waals surface area contributed by atoms with Crippen LogP contribution in [0, 0.1) is 0 Å². The van der Waals surface area contributed by atoms with Crippen molar-refractivity contribution < 1.29 is 27.3 Å². The van der Waals surface area contributed by atoms with Gasteiger partial charge in [-0.3, -0.25) is 18.9 Å². The number of carbonyl (C=O) groups is 2. The van der Waals surface area contributed by atoms with Crippen molar-refractivity contribution in [2.45, 2.75) is 39.2 Å². The molecular weight excluding hydrogens is 490 g/mol. The van der Waals surface area contributed by atoms with Crippen molar-refractivity contribution in [1.29, 1.82) is 0 Å². The van der Waals surface area contributed by atoms with Crippen molar-refractivity contribution in [3.05, 3.63) is 75.2 Å². The number of aryl methyl sites for hydroxylation is 1. The number of carbonyl (C=O) groups excluding carboxylic acids is 2. The fourth-order valence-electron chi connectivity index (χ4n) is 3.51. The third-order valence-electron chi connectivity index (χ3n) is 5.22. The number of nitrogens with one attached hydrogen (secondary N) is 2. The lowest BCUT2D eigenvalue weighted by Crippen LogP contribution is -2.31. The minimum Gasteiger partial charge on any atom is -0.496 e. The number of hydrogen-bond donors (Lipinski definition) is 3. The van der Waals surface area contributed by atoms with Crippen LogP contribution in [-0.4, -0.2) is 36.8 Å². The highest BCUT2D eigenvalue weighted by atomic mass is 32.2. The van der Waals surface area contributed by atoms with E-state index in [2.05, 4.69) is 10.3 Å². The van der Waals surface area contributed by atoms with Gasteiger partial charge >= 0.3 is 10.3 Å². The zero-order valence-corrected chi connectivity index (χ0v) is 21.2. The van der Waals surface area contributed by atoms with E-state index in [0.29, 0.717) is 23.3 Å². The monoisotopic (exact) mass is 517 g/mol. The van der Waals surface area contributed by atoms with Crippen LogP contribution in [0.25, 0.3) is 0 Å². The molecule has 0 fully saturated rings. The molecule has 1 amide bonds. The molecule has 0 unspecified atom stereocenters. The van der Waals surface area contributed by atoms with Crippen LogP contribution in [-0.2, 0) is 34.4 Å². The molecule has 1 aromatic heterocycles. The summed E-state index contributed by atoms with van der Waals surface area (Å²) in [6, 6.07) is 11.2. The molecule has 0 aliphatic rings. The summed E-state index contributed by atoms with van der Waals surface area (Å²) in [6.45, 7) is 3.46. The number of aromatic nitrogens is 1. The Morgan fingerprint density at radius 3 is 2.40 bits per heavy atom. The predicted octanol–water partition coefficient (Wildman–Crippen LogP) is 3.77. The molecule has 0 saturated heterocycles.